The summed E-state index contributed by atoms with van der Waals surface area (Å²) in [5.41, 5.74) is 3.44. The van der Waals surface area contributed by atoms with Gasteiger partial charge in [0.25, 0.3) is 5.88 Å². The number of hydrogen-bond donors (Lipinski definition) is 0. The van der Waals surface area contributed by atoms with Crippen LogP contribution in [0.25, 0.3) is 16.9 Å². The molecule has 0 aliphatic carbocycles. The van der Waals surface area contributed by atoms with E-state index in [0.717, 1.165) is 17.0 Å². The summed E-state index contributed by atoms with van der Waals surface area (Å²) in [5, 5.41) is 4.58. The van der Waals surface area contributed by atoms with Crippen LogP contribution in [0.2, 0.25) is 5.02 Å². The molecule has 0 atom stereocenters. The van der Waals surface area contributed by atoms with Crippen molar-refractivity contribution in [3.05, 3.63) is 83.0 Å². The number of nitrogens with zero attached hydrogens (tertiary/aromatic N) is 3. The molecule has 0 spiro atoms. The maximum absolute atomic E-state index is 12.3. The third kappa shape index (κ3) is 2.93. The highest BCUT2D eigenvalue weighted by Crippen LogP contribution is 2.31. The number of benzene rings is 2. The second kappa shape index (κ2) is 6.61. The predicted octanol–water partition coefficient (Wildman–Crippen LogP) is 4.58. The first-order chi connectivity index (χ1) is 12.6. The van der Waals surface area contributed by atoms with Crippen LogP contribution < -0.4 is 4.74 Å². The molecule has 0 saturated heterocycles. The smallest absolute Gasteiger partial charge is 0.344 e. The Bertz CT molecular complexity index is 1090. The molecule has 0 bridgehead atoms. The van der Waals surface area contributed by atoms with Crippen LogP contribution in [0.15, 0.2) is 66.7 Å². The molecule has 5 nitrogen and oxygen atoms in total. The van der Waals surface area contributed by atoms with Gasteiger partial charge in [-0.3, -0.25) is 0 Å². The zero-order valence-corrected chi connectivity index (χ0v) is 14.6. The van der Waals surface area contributed by atoms with E-state index in [9.17, 15) is 4.79 Å². The third-order valence-electron chi connectivity index (χ3n) is 3.90. The number of hydrogen-bond acceptors (Lipinski definition) is 4. The summed E-state index contributed by atoms with van der Waals surface area (Å²) in [6, 6.07) is 20.4. The quantitative estimate of drug-likeness (QED) is 0.500. The minimum atomic E-state index is -0.520. The Labute approximate surface area is 154 Å². The lowest BCUT2D eigenvalue weighted by Gasteiger charge is -2.05. The average molecular weight is 364 g/mol. The van der Waals surface area contributed by atoms with E-state index in [2.05, 4.69) is 10.1 Å². The van der Waals surface area contributed by atoms with E-state index in [4.69, 9.17) is 16.3 Å². The van der Waals surface area contributed by atoms with Gasteiger partial charge in [-0.2, -0.15) is 0 Å². The maximum Gasteiger partial charge on any atom is 0.344 e. The molecule has 0 radical (unpaired) electrons. The van der Waals surface area contributed by atoms with Crippen molar-refractivity contribution >= 4 is 23.2 Å². The standard InChI is InChI=1S/C20H14ClN3O2/c1-13-12-16(14-8-4-2-5-9-14)24-18(22-13)17(21)19(23-24)26-20(25)15-10-6-3-7-11-15/h2-12H,1H3. The number of rotatable bonds is 3. The number of fused-ring (bicyclic) bond motifs is 1. The molecule has 0 saturated carbocycles. The number of aryl methyl sites for hydroxylation is 1. The molecule has 4 aromatic rings. The first kappa shape index (κ1) is 16.3. The van der Waals surface area contributed by atoms with Crippen molar-refractivity contribution in [1.82, 2.24) is 14.6 Å². The summed E-state index contributed by atoms with van der Waals surface area (Å²) < 4.78 is 7.00. The van der Waals surface area contributed by atoms with Gasteiger partial charge in [-0.25, -0.2) is 14.3 Å². The van der Waals surface area contributed by atoms with Gasteiger partial charge < -0.3 is 4.74 Å². The van der Waals surface area contributed by atoms with Crippen LogP contribution in [-0.4, -0.2) is 20.6 Å². The number of halogens is 1. The Morgan fingerprint density at radius 3 is 2.38 bits per heavy atom. The van der Waals surface area contributed by atoms with Crippen molar-refractivity contribution in [2.24, 2.45) is 0 Å². The fraction of sp³-hybridized carbons (Fsp3) is 0.0500. The molecule has 0 N–H and O–H groups in total. The Morgan fingerprint density at radius 1 is 1.04 bits per heavy atom. The molecule has 2 heterocycles. The molecule has 0 aliphatic rings. The number of aromatic nitrogens is 3. The summed E-state index contributed by atoms with van der Waals surface area (Å²) in [7, 11) is 0. The number of carbonyl (C=O) groups excluding carboxylic acids is 1. The molecule has 26 heavy (non-hydrogen) atoms. The van der Waals surface area contributed by atoms with E-state index in [1.807, 2.05) is 49.4 Å². The van der Waals surface area contributed by atoms with Crippen LogP contribution in [0.3, 0.4) is 0 Å². The molecular formula is C20H14ClN3O2. The van der Waals surface area contributed by atoms with E-state index in [1.54, 1.807) is 28.8 Å². The van der Waals surface area contributed by atoms with E-state index in [0.29, 0.717) is 11.2 Å². The Balaban J connectivity index is 1.81. The lowest BCUT2D eigenvalue weighted by molar-refractivity contribution is 0.0727. The summed E-state index contributed by atoms with van der Waals surface area (Å²) in [5.74, 6) is -0.482. The van der Waals surface area contributed by atoms with Crippen molar-refractivity contribution in [1.29, 1.82) is 0 Å². The van der Waals surface area contributed by atoms with Crippen LogP contribution in [0.5, 0.6) is 5.88 Å². The highest BCUT2D eigenvalue weighted by atomic mass is 35.5. The molecule has 6 heteroatoms. The van der Waals surface area contributed by atoms with Crippen molar-refractivity contribution < 1.29 is 9.53 Å². The van der Waals surface area contributed by atoms with E-state index >= 15 is 0 Å². The van der Waals surface area contributed by atoms with Gasteiger partial charge in [0.05, 0.1) is 11.3 Å². The third-order valence-corrected chi connectivity index (χ3v) is 4.23. The summed E-state index contributed by atoms with van der Waals surface area (Å²) in [4.78, 5) is 16.8. The molecule has 0 unspecified atom stereocenters. The molecule has 4 rings (SSSR count). The van der Waals surface area contributed by atoms with Crippen LogP contribution >= 0.6 is 11.6 Å². The monoisotopic (exact) mass is 363 g/mol. The SMILES string of the molecule is Cc1cc(-c2ccccc2)n2nc(OC(=O)c3ccccc3)c(Cl)c2n1. The molecule has 0 amide bonds. The molecule has 2 aromatic heterocycles. The fourth-order valence-electron chi connectivity index (χ4n) is 2.69. The van der Waals surface area contributed by atoms with Gasteiger partial charge in [0.2, 0.25) is 0 Å². The van der Waals surface area contributed by atoms with Gasteiger partial charge in [-0.1, -0.05) is 60.1 Å². The van der Waals surface area contributed by atoms with Crippen molar-refractivity contribution in [2.45, 2.75) is 6.92 Å². The second-order valence-electron chi connectivity index (χ2n) is 5.76. The molecular weight excluding hydrogens is 350 g/mol. The van der Waals surface area contributed by atoms with Crippen LogP contribution in [-0.2, 0) is 0 Å². The number of esters is 1. The summed E-state index contributed by atoms with van der Waals surface area (Å²) >= 11 is 6.40. The number of carbonyl (C=O) groups is 1. The highest BCUT2D eigenvalue weighted by molar-refractivity contribution is 6.35. The van der Waals surface area contributed by atoms with Crippen molar-refractivity contribution in [2.75, 3.05) is 0 Å². The summed E-state index contributed by atoms with van der Waals surface area (Å²) in [6.45, 7) is 1.88. The Hall–Kier alpha value is -3.18. The first-order valence-corrected chi connectivity index (χ1v) is 8.40. The first-order valence-electron chi connectivity index (χ1n) is 8.02. The highest BCUT2D eigenvalue weighted by Gasteiger charge is 2.20. The predicted molar refractivity (Wildman–Crippen MR) is 99.6 cm³/mol. The lowest BCUT2D eigenvalue weighted by Crippen LogP contribution is -2.08. The maximum atomic E-state index is 12.3. The van der Waals surface area contributed by atoms with E-state index in [-0.39, 0.29) is 10.9 Å². The van der Waals surface area contributed by atoms with Crippen molar-refractivity contribution in [3.8, 4) is 17.1 Å². The Kier molecular flexibility index (Phi) is 4.14. The largest absolute Gasteiger partial charge is 0.400 e. The normalized spacial score (nSPS) is 10.8. The minimum absolute atomic E-state index is 0.0378. The number of ether oxygens (including phenoxy) is 1. The zero-order chi connectivity index (χ0) is 18.1. The molecule has 0 aliphatic heterocycles. The van der Waals surface area contributed by atoms with Gasteiger partial charge in [0, 0.05) is 11.3 Å². The Morgan fingerprint density at radius 2 is 1.69 bits per heavy atom. The van der Waals surface area contributed by atoms with Gasteiger partial charge in [-0.05, 0) is 25.1 Å². The van der Waals surface area contributed by atoms with Gasteiger partial charge in [0.15, 0.2) is 5.65 Å². The summed E-state index contributed by atoms with van der Waals surface area (Å²) in [6.07, 6.45) is 0. The fourth-order valence-corrected chi connectivity index (χ4v) is 2.89. The average Bonchev–Trinajstić information content (AvgIpc) is 2.98. The van der Waals surface area contributed by atoms with Gasteiger partial charge in [0.1, 0.15) is 5.02 Å². The van der Waals surface area contributed by atoms with E-state index in [1.165, 1.54) is 0 Å². The topological polar surface area (TPSA) is 56.5 Å². The zero-order valence-electron chi connectivity index (χ0n) is 13.9. The second-order valence-corrected chi connectivity index (χ2v) is 6.14. The van der Waals surface area contributed by atoms with Gasteiger partial charge in [-0.15, -0.1) is 5.10 Å². The van der Waals surface area contributed by atoms with Crippen LogP contribution in [0.4, 0.5) is 0 Å². The van der Waals surface area contributed by atoms with Gasteiger partial charge >= 0.3 is 5.97 Å². The molecule has 2 aromatic carbocycles. The van der Waals surface area contributed by atoms with Crippen LogP contribution in [0, 0.1) is 6.92 Å². The van der Waals surface area contributed by atoms with Crippen molar-refractivity contribution in [3.63, 3.8) is 0 Å². The molecule has 128 valence electrons. The minimum Gasteiger partial charge on any atom is -0.400 e. The van der Waals surface area contributed by atoms with E-state index < -0.39 is 5.97 Å². The molecule has 0 fully saturated rings. The lowest BCUT2D eigenvalue weighted by atomic mass is 10.1. The van der Waals surface area contributed by atoms with Crippen LogP contribution in [0.1, 0.15) is 16.1 Å².